The number of nitrogens with zero attached hydrogens (tertiary/aromatic N) is 3. The molecule has 1 amide bonds. The molecule has 0 saturated heterocycles. The first-order valence-electron chi connectivity index (χ1n) is 6.78. The molecule has 1 saturated carbocycles. The van der Waals surface area contributed by atoms with Crippen molar-refractivity contribution in [1.82, 2.24) is 20.3 Å². The third-order valence-electron chi connectivity index (χ3n) is 3.74. The summed E-state index contributed by atoms with van der Waals surface area (Å²) in [5.74, 6) is -1.30. The van der Waals surface area contributed by atoms with Crippen molar-refractivity contribution in [2.45, 2.75) is 52.1 Å². The Balaban J connectivity index is 1.89. The van der Waals surface area contributed by atoms with Crippen molar-refractivity contribution in [2.75, 3.05) is 0 Å². The second kappa shape index (κ2) is 5.60. The average molecular weight is 280 g/mol. The van der Waals surface area contributed by atoms with Gasteiger partial charge in [-0.3, -0.25) is 9.59 Å². The molecular weight excluding hydrogens is 260 g/mol. The molecule has 1 aromatic heterocycles. The van der Waals surface area contributed by atoms with E-state index in [4.69, 9.17) is 5.11 Å². The number of hydrogen-bond donors (Lipinski definition) is 2. The number of hydrogen-bond acceptors (Lipinski definition) is 4. The molecule has 7 nitrogen and oxygen atoms in total. The number of carboxylic acid groups (broad SMARTS) is 1. The van der Waals surface area contributed by atoms with Crippen molar-refractivity contribution in [2.24, 2.45) is 5.41 Å². The quantitative estimate of drug-likeness (QED) is 0.859. The van der Waals surface area contributed by atoms with Crippen LogP contribution in [0.25, 0.3) is 0 Å². The normalized spacial score (nSPS) is 18.7. The van der Waals surface area contributed by atoms with Gasteiger partial charge in [-0.15, -0.1) is 5.10 Å². The number of aliphatic carboxylic acids is 1. The molecule has 0 aromatic carbocycles. The SMILES string of the molecule is CC1(C)CCC(NC(=O)c2cn(CC(=O)O)nn2)CC1. The van der Waals surface area contributed by atoms with E-state index in [1.165, 1.54) is 6.20 Å². The monoisotopic (exact) mass is 280 g/mol. The lowest BCUT2D eigenvalue weighted by atomic mass is 9.75. The minimum Gasteiger partial charge on any atom is -0.480 e. The number of nitrogens with one attached hydrogen (secondary N) is 1. The van der Waals surface area contributed by atoms with Crippen LogP contribution in [0, 0.1) is 5.41 Å². The Labute approximate surface area is 117 Å². The van der Waals surface area contributed by atoms with E-state index in [0.717, 1.165) is 30.4 Å². The highest BCUT2D eigenvalue weighted by molar-refractivity contribution is 5.92. The van der Waals surface area contributed by atoms with Crippen LogP contribution >= 0.6 is 0 Å². The number of carboxylic acids is 1. The Hall–Kier alpha value is -1.92. The van der Waals surface area contributed by atoms with Crippen LogP contribution < -0.4 is 5.32 Å². The molecule has 2 N–H and O–H groups in total. The van der Waals surface area contributed by atoms with Crippen LogP contribution in [-0.2, 0) is 11.3 Å². The van der Waals surface area contributed by atoms with Crippen LogP contribution in [0.4, 0.5) is 0 Å². The molecule has 1 aliphatic rings. The summed E-state index contributed by atoms with van der Waals surface area (Å²) in [7, 11) is 0. The minimum atomic E-state index is -1.02. The predicted molar refractivity (Wildman–Crippen MR) is 71.2 cm³/mol. The molecule has 1 aliphatic carbocycles. The Bertz CT molecular complexity index is 499. The van der Waals surface area contributed by atoms with Crippen LogP contribution in [0.3, 0.4) is 0 Å². The second-order valence-corrected chi connectivity index (χ2v) is 6.11. The van der Waals surface area contributed by atoms with E-state index in [1.54, 1.807) is 0 Å². The lowest BCUT2D eigenvalue weighted by Gasteiger charge is -2.34. The van der Waals surface area contributed by atoms with Crippen LogP contribution in [0.2, 0.25) is 0 Å². The largest absolute Gasteiger partial charge is 0.480 e. The molecule has 1 fully saturated rings. The lowest BCUT2D eigenvalue weighted by Crippen LogP contribution is -2.39. The number of carbonyl (C=O) groups excluding carboxylic acids is 1. The van der Waals surface area contributed by atoms with Gasteiger partial charge in [0.25, 0.3) is 5.91 Å². The highest BCUT2D eigenvalue weighted by atomic mass is 16.4. The molecule has 0 bridgehead atoms. The van der Waals surface area contributed by atoms with E-state index >= 15 is 0 Å². The molecule has 110 valence electrons. The van der Waals surface area contributed by atoms with Crippen molar-refractivity contribution in [3.63, 3.8) is 0 Å². The first kappa shape index (κ1) is 14.5. The maximum Gasteiger partial charge on any atom is 0.325 e. The topological polar surface area (TPSA) is 97.1 Å². The standard InChI is InChI=1S/C13H20N4O3/c1-13(2)5-3-9(4-6-13)14-12(20)10-7-17(16-15-10)8-11(18)19/h7,9H,3-6,8H2,1-2H3,(H,14,20)(H,18,19). The Morgan fingerprint density at radius 1 is 1.45 bits per heavy atom. The summed E-state index contributed by atoms with van der Waals surface area (Å²) in [5.41, 5.74) is 0.516. The van der Waals surface area contributed by atoms with E-state index < -0.39 is 5.97 Å². The number of carbonyl (C=O) groups is 2. The van der Waals surface area contributed by atoms with Gasteiger partial charge in [0, 0.05) is 6.04 Å². The zero-order chi connectivity index (χ0) is 14.8. The summed E-state index contributed by atoms with van der Waals surface area (Å²) in [6.07, 6.45) is 5.45. The zero-order valence-corrected chi connectivity index (χ0v) is 11.8. The van der Waals surface area contributed by atoms with Gasteiger partial charge in [0.15, 0.2) is 5.69 Å². The molecule has 1 heterocycles. The maximum atomic E-state index is 12.0. The maximum absolute atomic E-state index is 12.0. The van der Waals surface area contributed by atoms with Gasteiger partial charge in [-0.25, -0.2) is 4.68 Å². The lowest BCUT2D eigenvalue weighted by molar-refractivity contribution is -0.137. The van der Waals surface area contributed by atoms with Crippen LogP contribution in [0.15, 0.2) is 6.20 Å². The molecule has 0 atom stereocenters. The molecule has 2 rings (SSSR count). The van der Waals surface area contributed by atoms with Crippen molar-refractivity contribution in [1.29, 1.82) is 0 Å². The predicted octanol–water partition coefficient (Wildman–Crippen LogP) is 1.06. The third kappa shape index (κ3) is 3.79. The summed E-state index contributed by atoms with van der Waals surface area (Å²) in [5, 5.41) is 18.9. The average Bonchev–Trinajstić information content (AvgIpc) is 2.79. The number of aromatic nitrogens is 3. The van der Waals surface area contributed by atoms with Crippen molar-refractivity contribution in [3.8, 4) is 0 Å². The van der Waals surface area contributed by atoms with Crippen LogP contribution in [0.5, 0.6) is 0 Å². The zero-order valence-electron chi connectivity index (χ0n) is 11.8. The summed E-state index contributed by atoms with van der Waals surface area (Å²) in [6, 6.07) is 0.167. The van der Waals surface area contributed by atoms with Gasteiger partial charge in [0.1, 0.15) is 6.54 Å². The number of amides is 1. The van der Waals surface area contributed by atoms with Gasteiger partial charge in [0.05, 0.1) is 6.20 Å². The van der Waals surface area contributed by atoms with E-state index in [1.807, 2.05) is 0 Å². The molecule has 0 radical (unpaired) electrons. The Morgan fingerprint density at radius 2 is 2.10 bits per heavy atom. The molecule has 20 heavy (non-hydrogen) atoms. The van der Waals surface area contributed by atoms with Crippen molar-refractivity contribution < 1.29 is 14.7 Å². The first-order valence-corrected chi connectivity index (χ1v) is 6.78. The van der Waals surface area contributed by atoms with E-state index in [-0.39, 0.29) is 24.2 Å². The second-order valence-electron chi connectivity index (χ2n) is 6.11. The minimum absolute atomic E-state index is 0.163. The third-order valence-corrected chi connectivity index (χ3v) is 3.74. The first-order chi connectivity index (χ1) is 9.35. The smallest absolute Gasteiger partial charge is 0.325 e. The molecule has 1 aromatic rings. The summed E-state index contributed by atoms with van der Waals surface area (Å²) in [6.45, 7) is 4.18. The summed E-state index contributed by atoms with van der Waals surface area (Å²) in [4.78, 5) is 22.5. The van der Waals surface area contributed by atoms with Crippen LogP contribution in [-0.4, -0.2) is 38.0 Å². The Morgan fingerprint density at radius 3 is 2.70 bits per heavy atom. The fourth-order valence-corrected chi connectivity index (χ4v) is 2.42. The van der Waals surface area contributed by atoms with E-state index in [0.29, 0.717) is 5.41 Å². The van der Waals surface area contributed by atoms with Gasteiger partial charge >= 0.3 is 5.97 Å². The molecule has 0 spiro atoms. The molecule has 0 unspecified atom stereocenters. The van der Waals surface area contributed by atoms with Gasteiger partial charge in [-0.1, -0.05) is 19.1 Å². The fraction of sp³-hybridized carbons (Fsp3) is 0.692. The van der Waals surface area contributed by atoms with E-state index in [9.17, 15) is 9.59 Å². The highest BCUT2D eigenvalue weighted by Crippen LogP contribution is 2.34. The van der Waals surface area contributed by atoms with Gasteiger partial charge < -0.3 is 10.4 Å². The Kier molecular flexibility index (Phi) is 4.06. The fourth-order valence-electron chi connectivity index (χ4n) is 2.42. The molecule has 7 heteroatoms. The van der Waals surface area contributed by atoms with Crippen LogP contribution in [0.1, 0.15) is 50.0 Å². The van der Waals surface area contributed by atoms with Gasteiger partial charge in [-0.2, -0.15) is 0 Å². The van der Waals surface area contributed by atoms with Gasteiger partial charge in [-0.05, 0) is 31.1 Å². The van der Waals surface area contributed by atoms with Gasteiger partial charge in [0.2, 0.25) is 0 Å². The highest BCUT2D eigenvalue weighted by Gasteiger charge is 2.28. The number of rotatable bonds is 4. The van der Waals surface area contributed by atoms with E-state index in [2.05, 4.69) is 29.5 Å². The van der Waals surface area contributed by atoms with Crippen molar-refractivity contribution >= 4 is 11.9 Å². The van der Waals surface area contributed by atoms with Crippen molar-refractivity contribution in [3.05, 3.63) is 11.9 Å². The summed E-state index contributed by atoms with van der Waals surface area (Å²) < 4.78 is 1.14. The molecule has 0 aliphatic heterocycles. The summed E-state index contributed by atoms with van der Waals surface area (Å²) >= 11 is 0. The molecular formula is C13H20N4O3.